The van der Waals surface area contributed by atoms with Gasteiger partial charge in [0.1, 0.15) is 11.8 Å². The van der Waals surface area contributed by atoms with Crippen LogP contribution in [0.3, 0.4) is 0 Å². The summed E-state index contributed by atoms with van der Waals surface area (Å²) in [5.41, 5.74) is 0. The third-order valence-corrected chi connectivity index (χ3v) is 5.29. The van der Waals surface area contributed by atoms with Crippen molar-refractivity contribution in [3.8, 4) is 17.9 Å². The van der Waals surface area contributed by atoms with Crippen molar-refractivity contribution in [2.45, 2.75) is 30.7 Å². The molecule has 156 valence electrons. The van der Waals surface area contributed by atoms with Crippen molar-refractivity contribution >= 4 is 21.9 Å². The lowest BCUT2D eigenvalue weighted by molar-refractivity contribution is -0.153. The van der Waals surface area contributed by atoms with E-state index in [4.69, 9.17) is 20.0 Å². The highest BCUT2D eigenvalue weighted by Gasteiger charge is 2.24. The van der Waals surface area contributed by atoms with Crippen LogP contribution in [0.4, 0.5) is 0 Å². The molecule has 0 aliphatic heterocycles. The van der Waals surface area contributed by atoms with E-state index in [1.807, 2.05) is 12.1 Å². The summed E-state index contributed by atoms with van der Waals surface area (Å²) in [7, 11) is -2.53. The Morgan fingerprint density at radius 3 is 2.17 bits per heavy atom. The Morgan fingerprint density at radius 1 is 1.14 bits per heavy atom. The predicted octanol–water partition coefficient (Wildman–Crippen LogP) is 0.561. The van der Waals surface area contributed by atoms with Crippen molar-refractivity contribution in [3.05, 3.63) is 24.3 Å². The normalized spacial score (nSPS) is 11.6. The monoisotopic (exact) mass is 422 g/mol. The largest absolute Gasteiger partial charge is 0.497 e. The maximum absolute atomic E-state index is 12.3. The van der Waals surface area contributed by atoms with Crippen LogP contribution >= 0.6 is 0 Å². The smallest absolute Gasteiger partial charge is 0.324 e. The van der Waals surface area contributed by atoms with Crippen molar-refractivity contribution in [3.63, 3.8) is 0 Å². The van der Waals surface area contributed by atoms with Crippen LogP contribution < -0.4 is 9.46 Å². The van der Waals surface area contributed by atoms with Gasteiger partial charge in [0.2, 0.25) is 10.0 Å². The van der Waals surface area contributed by atoms with Gasteiger partial charge in [0.25, 0.3) is 5.91 Å². The van der Waals surface area contributed by atoms with Gasteiger partial charge < -0.3 is 14.4 Å². The van der Waals surface area contributed by atoms with E-state index < -0.39 is 34.5 Å². The lowest BCUT2D eigenvalue weighted by Crippen LogP contribution is -2.42. The minimum absolute atomic E-state index is 0.0618. The first-order chi connectivity index (χ1) is 13.7. The van der Waals surface area contributed by atoms with Crippen molar-refractivity contribution in [2.24, 2.45) is 0 Å². The van der Waals surface area contributed by atoms with E-state index in [0.717, 1.165) is 0 Å². The molecule has 1 aromatic carbocycles. The number of sulfonamides is 1. The standard InChI is InChI=1S/C18H22N4O6S/c1-14(21-29(25,26)16-7-5-15(27-2)6-8-16)18(24)28-13-17(23)22(11-3-9-19)12-4-10-20/h5-8,14,21H,3-4,11-13H2,1-2H3. The average molecular weight is 422 g/mol. The molecule has 11 heteroatoms. The van der Waals surface area contributed by atoms with Crippen LogP contribution in [0.1, 0.15) is 19.8 Å². The van der Waals surface area contributed by atoms with E-state index >= 15 is 0 Å². The molecule has 1 N–H and O–H groups in total. The number of benzene rings is 1. The fraction of sp³-hybridized carbons (Fsp3) is 0.444. The number of nitriles is 2. The number of hydrogen-bond donors (Lipinski definition) is 1. The Bertz CT molecular complexity index is 868. The molecule has 1 rings (SSSR count). The summed E-state index contributed by atoms with van der Waals surface area (Å²) in [5, 5.41) is 17.3. The van der Waals surface area contributed by atoms with Gasteiger partial charge in [-0.15, -0.1) is 0 Å². The summed E-state index contributed by atoms with van der Waals surface area (Å²) in [4.78, 5) is 25.4. The van der Waals surface area contributed by atoms with Gasteiger partial charge in [-0.25, -0.2) is 8.42 Å². The number of hydrogen-bond acceptors (Lipinski definition) is 8. The summed E-state index contributed by atoms with van der Waals surface area (Å²) in [6, 6.07) is 8.13. The molecule has 29 heavy (non-hydrogen) atoms. The first-order valence-electron chi connectivity index (χ1n) is 8.60. The number of carbonyl (C=O) groups is 2. The van der Waals surface area contributed by atoms with E-state index in [1.54, 1.807) is 0 Å². The molecule has 0 aliphatic carbocycles. The number of nitrogens with zero attached hydrogens (tertiary/aromatic N) is 3. The lowest BCUT2D eigenvalue weighted by atomic mass is 10.3. The highest BCUT2D eigenvalue weighted by Crippen LogP contribution is 2.15. The molecule has 0 radical (unpaired) electrons. The van der Waals surface area contributed by atoms with Crippen LogP contribution in [-0.2, 0) is 24.3 Å². The molecule has 0 saturated carbocycles. The Balaban J connectivity index is 2.65. The van der Waals surface area contributed by atoms with Crippen LogP contribution in [0.15, 0.2) is 29.2 Å². The molecule has 1 amide bonds. The number of amides is 1. The molecule has 1 aromatic rings. The van der Waals surface area contributed by atoms with Gasteiger partial charge in [-0.2, -0.15) is 15.2 Å². The zero-order valence-electron chi connectivity index (χ0n) is 16.1. The summed E-state index contributed by atoms with van der Waals surface area (Å²) < 4.78 is 36.7. The van der Waals surface area contributed by atoms with Gasteiger partial charge in [0, 0.05) is 13.1 Å². The van der Waals surface area contributed by atoms with Crippen molar-refractivity contribution in [2.75, 3.05) is 26.8 Å². The maximum atomic E-state index is 12.3. The van der Waals surface area contributed by atoms with Crippen molar-refractivity contribution in [1.29, 1.82) is 10.5 Å². The Hall–Kier alpha value is -3.15. The molecule has 0 fully saturated rings. The number of ether oxygens (including phenoxy) is 2. The highest BCUT2D eigenvalue weighted by molar-refractivity contribution is 7.89. The van der Waals surface area contributed by atoms with Gasteiger partial charge in [0.05, 0.1) is 37.0 Å². The first kappa shape index (κ1) is 23.9. The van der Waals surface area contributed by atoms with E-state index in [0.29, 0.717) is 5.75 Å². The predicted molar refractivity (Wildman–Crippen MR) is 101 cm³/mol. The van der Waals surface area contributed by atoms with Gasteiger partial charge in [-0.1, -0.05) is 0 Å². The van der Waals surface area contributed by atoms with E-state index in [9.17, 15) is 18.0 Å². The molecule has 0 heterocycles. The summed E-state index contributed by atoms with van der Waals surface area (Å²) in [5.74, 6) is -1.03. The summed E-state index contributed by atoms with van der Waals surface area (Å²) >= 11 is 0. The molecule has 1 unspecified atom stereocenters. The highest BCUT2D eigenvalue weighted by atomic mass is 32.2. The maximum Gasteiger partial charge on any atom is 0.324 e. The van der Waals surface area contributed by atoms with E-state index in [1.165, 1.54) is 43.2 Å². The van der Waals surface area contributed by atoms with E-state index in [2.05, 4.69) is 4.72 Å². The zero-order chi connectivity index (χ0) is 21.9. The fourth-order valence-electron chi connectivity index (χ4n) is 2.18. The molecule has 0 saturated heterocycles. The molecule has 0 aliphatic rings. The Kier molecular flexibility index (Phi) is 9.59. The minimum atomic E-state index is -3.98. The third kappa shape index (κ3) is 7.78. The molecule has 0 aromatic heterocycles. The fourth-order valence-corrected chi connectivity index (χ4v) is 3.38. The second kappa shape index (κ2) is 11.6. The second-order valence-corrected chi connectivity index (χ2v) is 7.54. The third-order valence-electron chi connectivity index (χ3n) is 3.73. The average Bonchev–Trinajstić information content (AvgIpc) is 2.71. The molecule has 1 atom stereocenters. The van der Waals surface area contributed by atoms with Crippen molar-refractivity contribution < 1.29 is 27.5 Å². The van der Waals surface area contributed by atoms with Crippen LogP contribution in [-0.4, -0.2) is 58.0 Å². The van der Waals surface area contributed by atoms with Crippen LogP contribution in [0, 0.1) is 22.7 Å². The van der Waals surface area contributed by atoms with Crippen LogP contribution in [0.2, 0.25) is 0 Å². The van der Waals surface area contributed by atoms with E-state index in [-0.39, 0.29) is 30.8 Å². The number of esters is 1. The van der Waals surface area contributed by atoms with Crippen LogP contribution in [0.25, 0.3) is 0 Å². The summed E-state index contributed by atoms with van der Waals surface area (Å²) in [6.07, 6.45) is 0.145. The minimum Gasteiger partial charge on any atom is -0.497 e. The van der Waals surface area contributed by atoms with Gasteiger partial charge in [0.15, 0.2) is 6.61 Å². The van der Waals surface area contributed by atoms with Crippen LogP contribution in [0.5, 0.6) is 5.75 Å². The van der Waals surface area contributed by atoms with Gasteiger partial charge >= 0.3 is 5.97 Å². The lowest BCUT2D eigenvalue weighted by Gasteiger charge is -2.20. The van der Waals surface area contributed by atoms with Crippen molar-refractivity contribution in [1.82, 2.24) is 9.62 Å². The van der Waals surface area contributed by atoms with Gasteiger partial charge in [-0.3, -0.25) is 9.59 Å². The Morgan fingerprint density at radius 2 is 1.69 bits per heavy atom. The second-order valence-electron chi connectivity index (χ2n) is 5.82. The molecule has 0 bridgehead atoms. The zero-order valence-corrected chi connectivity index (χ0v) is 16.9. The Labute approximate surface area is 169 Å². The number of methoxy groups -OCH3 is 1. The SMILES string of the molecule is COc1ccc(S(=O)(=O)NC(C)C(=O)OCC(=O)N(CCC#N)CCC#N)cc1. The van der Waals surface area contributed by atoms with Gasteiger partial charge in [-0.05, 0) is 31.2 Å². The first-order valence-corrected chi connectivity index (χ1v) is 10.1. The molecular formula is C18H22N4O6S. The topological polar surface area (TPSA) is 150 Å². The molecule has 0 spiro atoms. The number of rotatable bonds is 11. The summed E-state index contributed by atoms with van der Waals surface area (Å²) in [6.45, 7) is 0.879. The number of carbonyl (C=O) groups excluding carboxylic acids is 2. The molecule has 10 nitrogen and oxygen atoms in total. The molecular weight excluding hydrogens is 400 g/mol. The quantitative estimate of drug-likeness (QED) is 0.508. The number of nitrogens with one attached hydrogen (secondary N) is 1.